The van der Waals surface area contributed by atoms with Gasteiger partial charge in [0.05, 0.1) is 25.4 Å². The molecule has 1 amide bonds. The van der Waals surface area contributed by atoms with Crippen molar-refractivity contribution in [1.29, 1.82) is 0 Å². The summed E-state index contributed by atoms with van der Waals surface area (Å²) in [6.07, 6.45) is -5.11. The molecule has 1 rings (SSSR count). The molecule has 0 bridgehead atoms. The molecule has 0 aromatic heterocycles. The Balaban J connectivity index is 0.00000143. The van der Waals surface area contributed by atoms with E-state index in [1.165, 1.54) is 0 Å². The summed E-state index contributed by atoms with van der Waals surface area (Å²) in [5, 5.41) is 32.0. The van der Waals surface area contributed by atoms with Crippen LogP contribution in [0.15, 0.2) is 30.9 Å². The first kappa shape index (κ1) is 32.2. The number of nitrogens with one attached hydrogen (secondary N) is 2. The number of rotatable bonds is 13. The third-order valence-electron chi connectivity index (χ3n) is 4.32. The molecule has 0 saturated carbocycles. The summed E-state index contributed by atoms with van der Waals surface area (Å²) in [4.78, 5) is 20.0. The highest BCUT2D eigenvalue weighted by Crippen LogP contribution is 2.14. The molecule has 0 fully saturated rings. The summed E-state index contributed by atoms with van der Waals surface area (Å²) >= 11 is 0. The molecule has 1 aromatic rings. The third kappa shape index (κ3) is 15.7. The fraction of sp³-hybridized carbons (Fsp3) is 0.545. The van der Waals surface area contributed by atoms with Crippen molar-refractivity contribution in [3.8, 4) is 0 Å². The van der Waals surface area contributed by atoms with E-state index < -0.39 is 42.0 Å². The van der Waals surface area contributed by atoms with Crippen LogP contribution in [0.1, 0.15) is 25.8 Å². The van der Waals surface area contributed by atoms with Gasteiger partial charge in [0.2, 0.25) is 0 Å². The van der Waals surface area contributed by atoms with Crippen LogP contribution in [0.5, 0.6) is 0 Å². The van der Waals surface area contributed by atoms with Crippen molar-refractivity contribution in [3.63, 3.8) is 0 Å². The van der Waals surface area contributed by atoms with Crippen LogP contribution in [-0.4, -0.2) is 71.5 Å². The Bertz CT molecular complexity index is 787. The Labute approximate surface area is 199 Å². The molecule has 0 radical (unpaired) electrons. The summed E-state index contributed by atoms with van der Waals surface area (Å²) in [5.74, 6) is -3.88. The number of ether oxygens (including phenoxy) is 1. The number of halogens is 5. The van der Waals surface area contributed by atoms with E-state index in [-0.39, 0.29) is 24.6 Å². The standard InChI is InChI=1S/C20H30F2N2O4.C2HF3O2/c1-4-5-28-12-17(6-13(2)3)23-11-19(25)18(24-20(26)27)9-14-7-15(21)10-16(22)8-14;3-2(4,5)1(6)7/h4,7-8,10,13,17-19,23-25H,1,5-6,9,11-12H2,2-3H3,(H,26,27);(H,6,7)/t17-,18+,19-;/m1./s1. The SMILES string of the molecule is C=CCOC[C@@H](CC(C)C)NC[C@@H](O)[C@H](Cc1cc(F)cc(F)c1)NC(=O)O.O=C(O)C(F)(F)F. The molecule has 0 unspecified atom stereocenters. The summed E-state index contributed by atoms with van der Waals surface area (Å²) < 4.78 is 64.0. The Morgan fingerprint density at radius 1 is 1.14 bits per heavy atom. The Hall–Kier alpha value is -2.77. The number of benzene rings is 1. The first-order valence-electron chi connectivity index (χ1n) is 10.5. The Kier molecular flexibility index (Phi) is 14.7. The summed E-state index contributed by atoms with van der Waals surface area (Å²) in [6, 6.07) is 2.00. The Morgan fingerprint density at radius 3 is 2.11 bits per heavy atom. The van der Waals surface area contributed by atoms with Gasteiger partial charge in [-0.05, 0) is 36.5 Å². The average Bonchev–Trinajstić information content (AvgIpc) is 2.69. The molecule has 0 aliphatic heterocycles. The monoisotopic (exact) mass is 514 g/mol. The number of aliphatic hydroxyl groups excluding tert-OH is 1. The van der Waals surface area contributed by atoms with Crippen molar-refractivity contribution in [3.05, 3.63) is 48.1 Å². The smallest absolute Gasteiger partial charge is 0.475 e. The van der Waals surface area contributed by atoms with Crippen LogP contribution >= 0.6 is 0 Å². The molecule has 8 nitrogen and oxygen atoms in total. The van der Waals surface area contributed by atoms with Gasteiger partial charge in [-0.25, -0.2) is 18.4 Å². The quantitative estimate of drug-likeness (QED) is 0.155. The molecular formula is C22H31F5N2O6. The van der Waals surface area contributed by atoms with Crippen LogP contribution in [0.4, 0.5) is 26.7 Å². The van der Waals surface area contributed by atoms with Crippen LogP contribution in [0.2, 0.25) is 0 Å². The van der Waals surface area contributed by atoms with Gasteiger partial charge in [-0.1, -0.05) is 19.9 Å². The maximum atomic E-state index is 13.4. The van der Waals surface area contributed by atoms with E-state index in [1.54, 1.807) is 6.08 Å². The van der Waals surface area contributed by atoms with Gasteiger partial charge in [0.25, 0.3) is 0 Å². The molecule has 0 aliphatic rings. The van der Waals surface area contributed by atoms with E-state index in [0.29, 0.717) is 19.1 Å². The minimum atomic E-state index is -5.08. The van der Waals surface area contributed by atoms with Crippen LogP contribution in [0.25, 0.3) is 0 Å². The van der Waals surface area contributed by atoms with E-state index in [4.69, 9.17) is 19.7 Å². The molecule has 0 saturated heterocycles. The average molecular weight is 514 g/mol. The summed E-state index contributed by atoms with van der Waals surface area (Å²) in [7, 11) is 0. The largest absolute Gasteiger partial charge is 0.490 e. The maximum Gasteiger partial charge on any atom is 0.490 e. The fourth-order valence-corrected chi connectivity index (χ4v) is 2.93. The molecular weight excluding hydrogens is 483 g/mol. The number of aliphatic carboxylic acids is 1. The molecule has 0 heterocycles. The highest BCUT2D eigenvalue weighted by molar-refractivity contribution is 5.73. The van der Waals surface area contributed by atoms with E-state index in [0.717, 1.165) is 24.6 Å². The second-order valence-corrected chi connectivity index (χ2v) is 7.97. The molecule has 200 valence electrons. The number of carbonyl (C=O) groups is 2. The van der Waals surface area contributed by atoms with E-state index in [9.17, 15) is 31.9 Å². The van der Waals surface area contributed by atoms with Crippen LogP contribution in [0, 0.1) is 17.6 Å². The molecule has 1 aromatic carbocycles. The lowest BCUT2D eigenvalue weighted by Crippen LogP contribution is -2.50. The van der Waals surface area contributed by atoms with Gasteiger partial charge in [-0.3, -0.25) is 0 Å². The molecule has 0 aliphatic carbocycles. The topological polar surface area (TPSA) is 128 Å². The molecule has 13 heteroatoms. The molecule has 0 spiro atoms. The van der Waals surface area contributed by atoms with Crippen molar-refractivity contribution in [1.82, 2.24) is 10.6 Å². The summed E-state index contributed by atoms with van der Waals surface area (Å²) in [6.45, 7) is 8.64. The van der Waals surface area contributed by atoms with Gasteiger partial charge in [-0.2, -0.15) is 13.2 Å². The highest BCUT2D eigenvalue weighted by atomic mass is 19.4. The van der Waals surface area contributed by atoms with Gasteiger partial charge >= 0.3 is 18.2 Å². The predicted octanol–water partition coefficient (Wildman–Crippen LogP) is 3.34. The maximum absolute atomic E-state index is 13.4. The zero-order valence-electron chi connectivity index (χ0n) is 19.3. The van der Waals surface area contributed by atoms with Gasteiger partial charge in [0.15, 0.2) is 0 Å². The zero-order valence-corrected chi connectivity index (χ0v) is 19.3. The second kappa shape index (κ2) is 16.0. The number of hydrogen-bond donors (Lipinski definition) is 5. The first-order chi connectivity index (χ1) is 16.1. The number of carboxylic acids is 1. The van der Waals surface area contributed by atoms with Crippen LogP contribution in [-0.2, 0) is 16.0 Å². The van der Waals surface area contributed by atoms with E-state index in [1.807, 2.05) is 0 Å². The van der Waals surface area contributed by atoms with Crippen molar-refractivity contribution in [2.24, 2.45) is 5.92 Å². The third-order valence-corrected chi connectivity index (χ3v) is 4.32. The van der Waals surface area contributed by atoms with Crippen LogP contribution in [0.3, 0.4) is 0 Å². The number of hydrogen-bond acceptors (Lipinski definition) is 5. The van der Waals surface area contributed by atoms with E-state index >= 15 is 0 Å². The number of amides is 1. The van der Waals surface area contributed by atoms with Gasteiger partial charge in [-0.15, -0.1) is 6.58 Å². The van der Waals surface area contributed by atoms with Crippen molar-refractivity contribution < 1.29 is 51.6 Å². The zero-order chi connectivity index (χ0) is 27.2. The van der Waals surface area contributed by atoms with Crippen molar-refractivity contribution >= 4 is 12.1 Å². The number of alkyl halides is 3. The predicted molar refractivity (Wildman–Crippen MR) is 117 cm³/mol. The lowest BCUT2D eigenvalue weighted by atomic mass is 10.00. The first-order valence-corrected chi connectivity index (χ1v) is 10.5. The minimum Gasteiger partial charge on any atom is -0.475 e. The van der Waals surface area contributed by atoms with Gasteiger partial charge in [0, 0.05) is 18.7 Å². The Morgan fingerprint density at radius 2 is 1.69 bits per heavy atom. The molecule has 5 N–H and O–H groups in total. The number of aliphatic hydroxyl groups is 1. The number of carboxylic acid groups (broad SMARTS) is 2. The second-order valence-electron chi connectivity index (χ2n) is 7.97. The minimum absolute atomic E-state index is 0.0355. The van der Waals surface area contributed by atoms with Gasteiger partial charge in [0.1, 0.15) is 11.6 Å². The van der Waals surface area contributed by atoms with Crippen molar-refractivity contribution in [2.75, 3.05) is 19.8 Å². The molecule has 35 heavy (non-hydrogen) atoms. The van der Waals surface area contributed by atoms with E-state index in [2.05, 4.69) is 31.1 Å². The van der Waals surface area contributed by atoms with Crippen molar-refractivity contribution in [2.45, 2.75) is 51.1 Å². The van der Waals surface area contributed by atoms with Crippen LogP contribution < -0.4 is 10.6 Å². The summed E-state index contributed by atoms with van der Waals surface area (Å²) in [5.41, 5.74) is 0.253. The lowest BCUT2D eigenvalue weighted by Gasteiger charge is -2.27. The lowest BCUT2D eigenvalue weighted by molar-refractivity contribution is -0.192. The fourth-order valence-electron chi connectivity index (χ4n) is 2.93. The normalized spacial score (nSPS) is 13.9. The molecule has 3 atom stereocenters. The van der Waals surface area contributed by atoms with Gasteiger partial charge < -0.3 is 30.7 Å². The highest BCUT2D eigenvalue weighted by Gasteiger charge is 2.38.